The lowest BCUT2D eigenvalue weighted by atomic mass is 10.1. The highest BCUT2D eigenvalue weighted by atomic mass is 16.5. The fourth-order valence-corrected chi connectivity index (χ4v) is 1.34. The molecule has 4 heteroatoms. The quantitative estimate of drug-likeness (QED) is 0.752. The van der Waals surface area contributed by atoms with Crippen LogP contribution in [0.5, 0.6) is 0 Å². The van der Waals surface area contributed by atoms with Gasteiger partial charge in [-0.25, -0.2) is 0 Å². The molecular formula is C12H18N2O2. The molecule has 4 nitrogen and oxygen atoms in total. The highest BCUT2D eigenvalue weighted by Crippen LogP contribution is 2.04. The Morgan fingerprint density at radius 1 is 1.56 bits per heavy atom. The van der Waals surface area contributed by atoms with Crippen molar-refractivity contribution in [2.45, 2.75) is 19.6 Å². The van der Waals surface area contributed by atoms with Crippen molar-refractivity contribution >= 4 is 5.91 Å². The lowest BCUT2D eigenvalue weighted by Crippen LogP contribution is -2.25. The van der Waals surface area contributed by atoms with Crippen molar-refractivity contribution in [1.82, 2.24) is 5.32 Å². The molecule has 1 unspecified atom stereocenters. The molecule has 0 aliphatic heterocycles. The van der Waals surface area contributed by atoms with Crippen LogP contribution >= 0.6 is 0 Å². The Labute approximate surface area is 95.8 Å². The van der Waals surface area contributed by atoms with Crippen LogP contribution in [-0.4, -0.2) is 25.7 Å². The molecule has 0 fully saturated rings. The Kier molecular flexibility index (Phi) is 4.95. The summed E-state index contributed by atoms with van der Waals surface area (Å²) in [7, 11) is 1.68. The summed E-state index contributed by atoms with van der Waals surface area (Å²) in [5.74, 6) is -0.396. The third kappa shape index (κ3) is 4.00. The Bertz CT molecular complexity index is 353. The molecule has 3 N–H and O–H groups in total. The molecule has 0 radical (unpaired) electrons. The van der Waals surface area contributed by atoms with Gasteiger partial charge in [0.25, 0.3) is 0 Å². The molecule has 88 valence electrons. The first kappa shape index (κ1) is 12.7. The van der Waals surface area contributed by atoms with Crippen molar-refractivity contribution < 1.29 is 9.53 Å². The zero-order valence-corrected chi connectivity index (χ0v) is 9.69. The minimum absolute atomic E-state index is 0.180. The number of amides is 1. The second-order valence-corrected chi connectivity index (χ2v) is 3.74. The van der Waals surface area contributed by atoms with E-state index in [0.29, 0.717) is 12.1 Å². The maximum atomic E-state index is 11.0. The number of nitrogens with one attached hydrogen (secondary N) is 1. The zero-order chi connectivity index (χ0) is 12.0. The predicted molar refractivity (Wildman–Crippen MR) is 63.1 cm³/mol. The van der Waals surface area contributed by atoms with Crippen LogP contribution in [0, 0.1) is 0 Å². The first-order valence-electron chi connectivity index (χ1n) is 5.25. The monoisotopic (exact) mass is 222 g/mol. The first-order chi connectivity index (χ1) is 7.63. The van der Waals surface area contributed by atoms with E-state index in [1.807, 2.05) is 19.1 Å². The lowest BCUT2D eigenvalue weighted by molar-refractivity contribution is 0.1000. The molecule has 0 saturated carbocycles. The molecule has 1 amide bonds. The minimum atomic E-state index is -0.396. The van der Waals surface area contributed by atoms with Crippen LogP contribution in [0.1, 0.15) is 22.8 Å². The number of rotatable bonds is 6. The van der Waals surface area contributed by atoms with E-state index in [2.05, 4.69) is 5.32 Å². The Balaban J connectivity index is 2.48. The summed E-state index contributed by atoms with van der Waals surface area (Å²) < 4.78 is 5.11. The van der Waals surface area contributed by atoms with Gasteiger partial charge in [-0.05, 0) is 24.6 Å². The molecule has 1 rings (SSSR count). The van der Waals surface area contributed by atoms with E-state index in [0.717, 1.165) is 12.1 Å². The maximum Gasteiger partial charge on any atom is 0.248 e. The summed E-state index contributed by atoms with van der Waals surface area (Å²) >= 11 is 0. The van der Waals surface area contributed by atoms with Crippen LogP contribution in [0.15, 0.2) is 24.3 Å². The van der Waals surface area contributed by atoms with Crippen molar-refractivity contribution in [2.75, 3.05) is 13.7 Å². The topological polar surface area (TPSA) is 64.3 Å². The van der Waals surface area contributed by atoms with Gasteiger partial charge in [0, 0.05) is 25.8 Å². The summed E-state index contributed by atoms with van der Waals surface area (Å²) in [4.78, 5) is 11.0. The second-order valence-electron chi connectivity index (χ2n) is 3.74. The van der Waals surface area contributed by atoms with E-state index >= 15 is 0 Å². The van der Waals surface area contributed by atoms with E-state index < -0.39 is 5.91 Å². The van der Waals surface area contributed by atoms with E-state index in [1.165, 1.54) is 0 Å². The normalized spacial score (nSPS) is 12.4. The van der Waals surface area contributed by atoms with E-state index in [1.54, 1.807) is 19.2 Å². The van der Waals surface area contributed by atoms with Crippen molar-refractivity contribution in [1.29, 1.82) is 0 Å². The molecule has 1 aromatic carbocycles. The predicted octanol–water partition coefficient (Wildman–Crippen LogP) is 0.910. The Morgan fingerprint density at radius 3 is 2.94 bits per heavy atom. The van der Waals surface area contributed by atoms with Gasteiger partial charge in [0.05, 0.1) is 6.10 Å². The number of methoxy groups -OCH3 is 1. The van der Waals surface area contributed by atoms with E-state index in [-0.39, 0.29) is 6.10 Å². The average molecular weight is 222 g/mol. The molecule has 0 aliphatic carbocycles. The summed E-state index contributed by atoms with van der Waals surface area (Å²) in [5, 5.41) is 3.24. The van der Waals surface area contributed by atoms with Crippen LogP contribution in [0.4, 0.5) is 0 Å². The van der Waals surface area contributed by atoms with Gasteiger partial charge in [-0.15, -0.1) is 0 Å². The number of carbonyl (C=O) groups is 1. The highest BCUT2D eigenvalue weighted by Gasteiger charge is 2.02. The third-order valence-electron chi connectivity index (χ3n) is 2.37. The molecule has 0 saturated heterocycles. The standard InChI is InChI=1S/C12H18N2O2/c1-9(16-2)7-14-8-10-4-3-5-11(6-10)12(13)15/h3-6,9,14H,7-8H2,1-2H3,(H2,13,15). The number of carbonyl (C=O) groups excluding carboxylic acids is 1. The molecule has 0 aliphatic rings. The number of benzene rings is 1. The first-order valence-corrected chi connectivity index (χ1v) is 5.25. The summed E-state index contributed by atoms with van der Waals surface area (Å²) in [6.07, 6.45) is 0.180. The van der Waals surface area contributed by atoms with Gasteiger partial charge < -0.3 is 15.8 Å². The lowest BCUT2D eigenvalue weighted by Gasteiger charge is -2.10. The molecule has 0 spiro atoms. The second kappa shape index (κ2) is 6.25. The molecule has 16 heavy (non-hydrogen) atoms. The van der Waals surface area contributed by atoms with Gasteiger partial charge >= 0.3 is 0 Å². The maximum absolute atomic E-state index is 11.0. The summed E-state index contributed by atoms with van der Waals surface area (Å²) in [5.41, 5.74) is 6.78. The van der Waals surface area contributed by atoms with Crippen molar-refractivity contribution in [2.24, 2.45) is 5.73 Å². The average Bonchev–Trinajstić information content (AvgIpc) is 2.29. The minimum Gasteiger partial charge on any atom is -0.380 e. The fourth-order valence-electron chi connectivity index (χ4n) is 1.34. The fraction of sp³-hybridized carbons (Fsp3) is 0.417. The zero-order valence-electron chi connectivity index (χ0n) is 9.69. The van der Waals surface area contributed by atoms with Crippen LogP contribution < -0.4 is 11.1 Å². The van der Waals surface area contributed by atoms with Crippen molar-refractivity contribution in [3.05, 3.63) is 35.4 Å². The van der Waals surface area contributed by atoms with Gasteiger partial charge in [-0.3, -0.25) is 4.79 Å². The highest BCUT2D eigenvalue weighted by molar-refractivity contribution is 5.92. The summed E-state index contributed by atoms with van der Waals surface area (Å²) in [6.45, 7) is 3.47. The van der Waals surface area contributed by atoms with E-state index in [9.17, 15) is 4.79 Å². The van der Waals surface area contributed by atoms with Crippen molar-refractivity contribution in [3.8, 4) is 0 Å². The third-order valence-corrected chi connectivity index (χ3v) is 2.37. The van der Waals surface area contributed by atoms with Gasteiger partial charge in [0.1, 0.15) is 0 Å². The van der Waals surface area contributed by atoms with Crippen molar-refractivity contribution in [3.63, 3.8) is 0 Å². The molecule has 0 aromatic heterocycles. The van der Waals surface area contributed by atoms with Crippen LogP contribution in [0.2, 0.25) is 0 Å². The number of primary amides is 1. The van der Waals surface area contributed by atoms with Gasteiger partial charge in [-0.2, -0.15) is 0 Å². The van der Waals surface area contributed by atoms with Crippen LogP contribution in [0.25, 0.3) is 0 Å². The van der Waals surface area contributed by atoms with Crippen LogP contribution in [0.3, 0.4) is 0 Å². The van der Waals surface area contributed by atoms with Gasteiger partial charge in [-0.1, -0.05) is 12.1 Å². The number of hydrogen-bond acceptors (Lipinski definition) is 3. The molecular weight excluding hydrogens is 204 g/mol. The molecule has 1 aromatic rings. The van der Waals surface area contributed by atoms with E-state index in [4.69, 9.17) is 10.5 Å². The smallest absolute Gasteiger partial charge is 0.248 e. The van der Waals surface area contributed by atoms with Gasteiger partial charge in [0.15, 0.2) is 0 Å². The Morgan fingerprint density at radius 2 is 2.31 bits per heavy atom. The van der Waals surface area contributed by atoms with Gasteiger partial charge in [0.2, 0.25) is 5.91 Å². The molecule has 1 atom stereocenters. The Hall–Kier alpha value is -1.39. The number of hydrogen-bond donors (Lipinski definition) is 2. The van der Waals surface area contributed by atoms with Crippen LogP contribution in [-0.2, 0) is 11.3 Å². The number of nitrogens with two attached hydrogens (primary N) is 1. The largest absolute Gasteiger partial charge is 0.380 e. The SMILES string of the molecule is COC(C)CNCc1cccc(C(N)=O)c1. The molecule has 0 heterocycles. The number of ether oxygens (including phenoxy) is 1. The molecule has 0 bridgehead atoms. The summed E-state index contributed by atoms with van der Waals surface area (Å²) in [6, 6.07) is 7.30.